The molecule has 0 saturated carbocycles. The SMILES string of the molecule is CCCCCCCOc1ccc(CC#N)cc1C(=O)CCCCCC. The van der Waals surface area contributed by atoms with Gasteiger partial charge in [0.15, 0.2) is 5.78 Å². The Morgan fingerprint density at radius 2 is 1.68 bits per heavy atom. The third-order valence-electron chi connectivity index (χ3n) is 4.39. The van der Waals surface area contributed by atoms with Crippen LogP contribution < -0.4 is 4.74 Å². The highest BCUT2D eigenvalue weighted by atomic mass is 16.5. The van der Waals surface area contributed by atoms with E-state index in [0.29, 0.717) is 30.8 Å². The molecule has 0 aliphatic rings. The van der Waals surface area contributed by atoms with Crippen LogP contribution in [-0.4, -0.2) is 12.4 Å². The molecule has 25 heavy (non-hydrogen) atoms. The first-order valence-electron chi connectivity index (χ1n) is 9.88. The zero-order valence-corrected chi connectivity index (χ0v) is 16.0. The van der Waals surface area contributed by atoms with Gasteiger partial charge in [0, 0.05) is 6.42 Å². The van der Waals surface area contributed by atoms with Crippen molar-refractivity contribution in [3.8, 4) is 11.8 Å². The lowest BCUT2D eigenvalue weighted by Gasteiger charge is -2.12. The molecule has 1 aromatic carbocycles. The van der Waals surface area contributed by atoms with Crippen LogP contribution in [0.2, 0.25) is 0 Å². The molecule has 3 nitrogen and oxygen atoms in total. The van der Waals surface area contributed by atoms with E-state index in [-0.39, 0.29) is 5.78 Å². The van der Waals surface area contributed by atoms with Crippen molar-refractivity contribution in [2.45, 2.75) is 84.5 Å². The molecule has 0 atom stereocenters. The number of hydrogen-bond donors (Lipinski definition) is 0. The maximum absolute atomic E-state index is 12.6. The molecule has 0 aromatic heterocycles. The summed E-state index contributed by atoms with van der Waals surface area (Å²) in [4.78, 5) is 12.6. The number of carbonyl (C=O) groups is 1. The van der Waals surface area contributed by atoms with E-state index in [9.17, 15) is 4.79 Å². The third-order valence-corrected chi connectivity index (χ3v) is 4.39. The smallest absolute Gasteiger partial charge is 0.166 e. The maximum Gasteiger partial charge on any atom is 0.166 e. The van der Waals surface area contributed by atoms with Crippen molar-refractivity contribution in [1.82, 2.24) is 0 Å². The minimum Gasteiger partial charge on any atom is -0.493 e. The monoisotopic (exact) mass is 343 g/mol. The van der Waals surface area contributed by atoms with Crippen LogP contribution in [0.25, 0.3) is 0 Å². The lowest BCUT2D eigenvalue weighted by atomic mass is 10.00. The highest BCUT2D eigenvalue weighted by molar-refractivity contribution is 5.98. The van der Waals surface area contributed by atoms with Crippen LogP contribution in [0.3, 0.4) is 0 Å². The topological polar surface area (TPSA) is 50.1 Å². The number of benzene rings is 1. The summed E-state index contributed by atoms with van der Waals surface area (Å²) < 4.78 is 5.90. The molecule has 0 amide bonds. The summed E-state index contributed by atoms with van der Waals surface area (Å²) in [6, 6.07) is 7.75. The first-order valence-corrected chi connectivity index (χ1v) is 9.88. The van der Waals surface area contributed by atoms with Crippen LogP contribution in [0.1, 0.15) is 94.0 Å². The van der Waals surface area contributed by atoms with Crippen molar-refractivity contribution in [2.75, 3.05) is 6.61 Å². The number of hydrogen-bond acceptors (Lipinski definition) is 3. The number of rotatable bonds is 14. The average Bonchev–Trinajstić information content (AvgIpc) is 2.62. The van der Waals surface area contributed by atoms with Gasteiger partial charge in [-0.3, -0.25) is 4.79 Å². The Morgan fingerprint density at radius 3 is 2.36 bits per heavy atom. The summed E-state index contributed by atoms with van der Waals surface area (Å²) in [6.07, 6.45) is 11.2. The molecule has 0 saturated heterocycles. The fourth-order valence-electron chi connectivity index (χ4n) is 2.86. The van der Waals surface area contributed by atoms with E-state index in [1.807, 2.05) is 18.2 Å². The van der Waals surface area contributed by atoms with Gasteiger partial charge < -0.3 is 4.74 Å². The summed E-state index contributed by atoms with van der Waals surface area (Å²) in [7, 11) is 0. The van der Waals surface area contributed by atoms with Gasteiger partial charge in [-0.25, -0.2) is 0 Å². The third kappa shape index (κ3) is 8.72. The predicted molar refractivity (Wildman–Crippen MR) is 103 cm³/mol. The Kier molecular flexibility index (Phi) is 11.4. The molecule has 1 aromatic rings. The molecule has 0 spiro atoms. The molecule has 0 heterocycles. The Bertz CT molecular complexity index is 545. The highest BCUT2D eigenvalue weighted by Gasteiger charge is 2.13. The summed E-state index contributed by atoms with van der Waals surface area (Å²) in [6.45, 7) is 5.02. The van der Waals surface area contributed by atoms with Crippen LogP contribution in [0, 0.1) is 11.3 Å². The van der Waals surface area contributed by atoms with Gasteiger partial charge in [0.2, 0.25) is 0 Å². The molecule has 0 bridgehead atoms. The standard InChI is InChI=1S/C22H33NO2/c1-3-5-7-9-11-17-25-22-14-13-19(15-16-23)18-20(22)21(24)12-10-8-6-4-2/h13-14,18H,3-12,15,17H2,1-2H3. The largest absolute Gasteiger partial charge is 0.493 e. The van der Waals surface area contributed by atoms with E-state index in [1.54, 1.807) is 0 Å². The maximum atomic E-state index is 12.6. The minimum absolute atomic E-state index is 0.136. The molecule has 0 aliphatic heterocycles. The molecular formula is C22H33NO2. The van der Waals surface area contributed by atoms with Crippen LogP contribution in [-0.2, 0) is 6.42 Å². The van der Waals surface area contributed by atoms with E-state index >= 15 is 0 Å². The van der Waals surface area contributed by atoms with Crippen LogP contribution in [0.15, 0.2) is 18.2 Å². The molecule has 3 heteroatoms. The van der Waals surface area contributed by atoms with Crippen LogP contribution in [0.5, 0.6) is 5.75 Å². The lowest BCUT2D eigenvalue weighted by molar-refractivity contribution is 0.0975. The van der Waals surface area contributed by atoms with Gasteiger partial charge in [-0.15, -0.1) is 0 Å². The van der Waals surface area contributed by atoms with Crippen molar-refractivity contribution in [2.24, 2.45) is 0 Å². The lowest BCUT2D eigenvalue weighted by Crippen LogP contribution is -2.06. The van der Waals surface area contributed by atoms with E-state index < -0.39 is 0 Å². The average molecular weight is 344 g/mol. The van der Waals surface area contributed by atoms with Crippen LogP contribution >= 0.6 is 0 Å². The summed E-state index contributed by atoms with van der Waals surface area (Å²) >= 11 is 0. The van der Waals surface area contributed by atoms with E-state index in [0.717, 1.165) is 31.2 Å². The van der Waals surface area contributed by atoms with Gasteiger partial charge in [-0.05, 0) is 30.5 Å². The fourth-order valence-corrected chi connectivity index (χ4v) is 2.86. The minimum atomic E-state index is 0.136. The van der Waals surface area contributed by atoms with Crippen LogP contribution in [0.4, 0.5) is 0 Å². The number of carbonyl (C=O) groups excluding carboxylic acids is 1. The molecule has 0 N–H and O–H groups in total. The van der Waals surface area contributed by atoms with Gasteiger partial charge >= 0.3 is 0 Å². The molecule has 0 aliphatic carbocycles. The summed E-state index contributed by atoms with van der Waals surface area (Å²) in [5.41, 5.74) is 1.53. The molecule has 1 rings (SSSR count). The number of ketones is 1. The molecule has 138 valence electrons. The molecule has 0 fully saturated rings. The summed E-state index contributed by atoms with van der Waals surface area (Å²) in [5.74, 6) is 0.814. The Morgan fingerprint density at radius 1 is 1.00 bits per heavy atom. The first-order chi connectivity index (χ1) is 12.2. The highest BCUT2D eigenvalue weighted by Crippen LogP contribution is 2.24. The van der Waals surface area contributed by atoms with Crippen molar-refractivity contribution in [1.29, 1.82) is 5.26 Å². The number of Topliss-reactive ketones (excluding diaryl/α,β-unsaturated/α-hetero) is 1. The van der Waals surface area contributed by atoms with Crippen molar-refractivity contribution < 1.29 is 9.53 Å². The van der Waals surface area contributed by atoms with Gasteiger partial charge in [0.25, 0.3) is 0 Å². The molecule has 0 unspecified atom stereocenters. The van der Waals surface area contributed by atoms with Gasteiger partial charge in [-0.1, -0.05) is 64.9 Å². The second-order valence-electron chi connectivity index (χ2n) is 6.66. The Balaban J connectivity index is 2.64. The first kappa shape index (κ1) is 21.2. The van der Waals surface area contributed by atoms with Crippen molar-refractivity contribution in [3.05, 3.63) is 29.3 Å². The van der Waals surface area contributed by atoms with Crippen molar-refractivity contribution in [3.63, 3.8) is 0 Å². The zero-order chi connectivity index (χ0) is 18.3. The number of nitrogens with zero attached hydrogens (tertiary/aromatic N) is 1. The van der Waals surface area contributed by atoms with Gasteiger partial charge in [-0.2, -0.15) is 5.26 Å². The van der Waals surface area contributed by atoms with Gasteiger partial charge in [0.05, 0.1) is 24.7 Å². The number of unbranched alkanes of at least 4 members (excludes halogenated alkanes) is 7. The normalized spacial score (nSPS) is 10.4. The second kappa shape index (κ2) is 13.5. The quantitative estimate of drug-likeness (QED) is 0.296. The fraction of sp³-hybridized carbons (Fsp3) is 0.636. The second-order valence-corrected chi connectivity index (χ2v) is 6.66. The number of ether oxygens (including phenoxy) is 1. The zero-order valence-electron chi connectivity index (χ0n) is 16.0. The Labute approximate surface area is 153 Å². The molecular weight excluding hydrogens is 310 g/mol. The van der Waals surface area contributed by atoms with E-state index in [1.165, 1.54) is 32.1 Å². The number of nitriles is 1. The van der Waals surface area contributed by atoms with Crippen molar-refractivity contribution >= 4 is 5.78 Å². The summed E-state index contributed by atoms with van der Waals surface area (Å²) in [5, 5.41) is 8.90. The predicted octanol–water partition coefficient (Wildman–Crippen LogP) is 6.25. The molecule has 0 radical (unpaired) electrons. The van der Waals surface area contributed by atoms with Gasteiger partial charge in [0.1, 0.15) is 5.75 Å². The Hall–Kier alpha value is -1.82. The van der Waals surface area contributed by atoms with E-state index in [4.69, 9.17) is 10.00 Å². The van der Waals surface area contributed by atoms with E-state index in [2.05, 4.69) is 19.9 Å².